The number of nitrogens with two attached hydrogens (primary N) is 1. The topological polar surface area (TPSA) is 91.1 Å². The molecule has 0 aliphatic heterocycles. The Kier molecular flexibility index (Phi) is 11.6. The molecule has 234 valence electrons. The second-order valence-electron chi connectivity index (χ2n) is 11.0. The number of rotatable bonds is 17. The number of benzene rings is 5. The van der Waals surface area contributed by atoms with Gasteiger partial charge in [0.25, 0.3) is 0 Å². The van der Waals surface area contributed by atoms with E-state index in [4.69, 9.17) is 19.9 Å². The van der Waals surface area contributed by atoms with Crippen molar-refractivity contribution in [2.75, 3.05) is 19.7 Å². The maximum Gasteiger partial charge on any atom is 0.221 e. The lowest BCUT2D eigenvalue weighted by Crippen LogP contribution is -2.33. The maximum absolute atomic E-state index is 13.7. The summed E-state index contributed by atoms with van der Waals surface area (Å²) in [4.78, 5) is 27.0. The van der Waals surface area contributed by atoms with Gasteiger partial charge in [-0.1, -0.05) is 103 Å². The largest absolute Gasteiger partial charge is 0.492 e. The molecule has 5 aromatic carbocycles. The summed E-state index contributed by atoms with van der Waals surface area (Å²) in [5.74, 6) is 1.37. The van der Waals surface area contributed by atoms with Crippen LogP contribution < -0.4 is 19.9 Å². The number of hydrogen-bond donors (Lipinski definition) is 1. The van der Waals surface area contributed by atoms with Crippen molar-refractivity contribution in [3.63, 3.8) is 0 Å². The molecular formula is C39H38N2O5. The number of hydrogen-bond acceptors (Lipinski definition) is 6. The highest BCUT2D eigenvalue weighted by molar-refractivity contribution is 5.98. The van der Waals surface area contributed by atoms with Gasteiger partial charge >= 0.3 is 0 Å². The first-order chi connectivity index (χ1) is 22.5. The van der Waals surface area contributed by atoms with Crippen LogP contribution in [0.2, 0.25) is 0 Å². The molecule has 46 heavy (non-hydrogen) atoms. The van der Waals surface area contributed by atoms with Gasteiger partial charge < -0.3 is 19.9 Å². The third-order valence-corrected chi connectivity index (χ3v) is 7.33. The van der Waals surface area contributed by atoms with Gasteiger partial charge in [0, 0.05) is 18.7 Å². The van der Waals surface area contributed by atoms with Crippen molar-refractivity contribution < 1.29 is 23.8 Å². The molecule has 0 spiro atoms. The van der Waals surface area contributed by atoms with Crippen molar-refractivity contribution in [1.29, 1.82) is 0 Å². The number of Topliss-reactive ketones (excluding diaryl/α,β-unsaturated/α-hetero) is 1. The minimum atomic E-state index is -0.376. The predicted molar refractivity (Wildman–Crippen MR) is 179 cm³/mol. The summed E-state index contributed by atoms with van der Waals surface area (Å²) >= 11 is 0. The van der Waals surface area contributed by atoms with Gasteiger partial charge in [0.1, 0.15) is 25.6 Å². The zero-order valence-electron chi connectivity index (χ0n) is 25.7. The summed E-state index contributed by atoms with van der Waals surface area (Å²) in [5.41, 5.74) is 9.83. The van der Waals surface area contributed by atoms with Gasteiger partial charge in [0.2, 0.25) is 5.91 Å². The van der Waals surface area contributed by atoms with Crippen molar-refractivity contribution in [3.05, 3.63) is 161 Å². The zero-order chi connectivity index (χ0) is 32.0. The second kappa shape index (κ2) is 16.6. The van der Waals surface area contributed by atoms with Gasteiger partial charge in [-0.05, 0) is 52.6 Å². The number of primary amides is 1. The van der Waals surface area contributed by atoms with Crippen LogP contribution in [0.15, 0.2) is 133 Å². The standard InChI is InChI=1S/C39H38N2O5/c40-39(43)24-30-16-19-35(20-17-30)44-23-22-41(26-31-10-4-1-5-11-31)27-36(42)34-18-21-37(45-28-32-12-6-2-7-13-32)38(25-34)46-29-33-14-8-3-9-15-33/h1-21,25H,22-24,26-29H2,(H2,40,43). The zero-order valence-corrected chi connectivity index (χ0v) is 25.7. The molecule has 7 heteroatoms. The van der Waals surface area contributed by atoms with Crippen LogP contribution in [0.5, 0.6) is 17.2 Å². The van der Waals surface area contributed by atoms with Crippen molar-refractivity contribution in [2.24, 2.45) is 5.73 Å². The first kappa shape index (κ1) is 32.0. The molecule has 0 saturated heterocycles. The van der Waals surface area contributed by atoms with Crippen molar-refractivity contribution in [1.82, 2.24) is 4.90 Å². The lowest BCUT2D eigenvalue weighted by atomic mass is 10.1. The first-order valence-corrected chi connectivity index (χ1v) is 15.3. The maximum atomic E-state index is 13.7. The molecule has 5 aromatic rings. The molecule has 7 nitrogen and oxygen atoms in total. The Bertz CT molecular complexity index is 1680. The Balaban J connectivity index is 1.28. The molecular weight excluding hydrogens is 576 g/mol. The number of ether oxygens (including phenoxy) is 3. The lowest BCUT2D eigenvalue weighted by molar-refractivity contribution is -0.117. The molecule has 0 heterocycles. The molecule has 1 amide bonds. The molecule has 0 radical (unpaired) electrons. The summed E-state index contributed by atoms with van der Waals surface area (Å²) in [6.45, 7) is 2.42. The van der Waals surface area contributed by atoms with E-state index in [1.54, 1.807) is 12.1 Å². The smallest absolute Gasteiger partial charge is 0.221 e. The quantitative estimate of drug-likeness (QED) is 0.118. The van der Waals surface area contributed by atoms with Crippen molar-refractivity contribution >= 4 is 11.7 Å². The SMILES string of the molecule is NC(=O)Cc1ccc(OCCN(CC(=O)c2ccc(OCc3ccccc3)c(OCc3ccccc3)c2)Cc2ccccc2)cc1. The molecule has 0 atom stereocenters. The third kappa shape index (κ3) is 10.1. The number of ketones is 1. The predicted octanol–water partition coefficient (Wildman–Crippen LogP) is 6.64. The molecule has 0 aromatic heterocycles. The number of amides is 1. The van der Waals surface area contributed by atoms with E-state index in [1.165, 1.54) is 0 Å². The van der Waals surface area contributed by atoms with E-state index in [2.05, 4.69) is 4.90 Å². The molecule has 5 rings (SSSR count). The fraction of sp³-hybridized carbons (Fsp3) is 0.179. The van der Waals surface area contributed by atoms with Crippen LogP contribution in [-0.2, 0) is 31.0 Å². The molecule has 0 bridgehead atoms. The number of carbonyl (C=O) groups is 2. The van der Waals surface area contributed by atoms with Crippen LogP contribution in [0.25, 0.3) is 0 Å². The third-order valence-electron chi connectivity index (χ3n) is 7.33. The van der Waals surface area contributed by atoms with Crippen LogP contribution in [0.3, 0.4) is 0 Å². The fourth-order valence-electron chi connectivity index (χ4n) is 4.93. The highest BCUT2D eigenvalue weighted by Crippen LogP contribution is 2.30. The van der Waals surface area contributed by atoms with Crippen LogP contribution in [0.1, 0.15) is 32.6 Å². The second-order valence-corrected chi connectivity index (χ2v) is 11.0. The van der Waals surface area contributed by atoms with E-state index in [-0.39, 0.29) is 24.7 Å². The van der Waals surface area contributed by atoms with Gasteiger partial charge in [0.05, 0.1) is 13.0 Å². The highest BCUT2D eigenvalue weighted by atomic mass is 16.5. The Morgan fingerprint density at radius 1 is 0.587 bits per heavy atom. The minimum Gasteiger partial charge on any atom is -0.492 e. The lowest BCUT2D eigenvalue weighted by Gasteiger charge is -2.22. The van der Waals surface area contributed by atoms with Crippen LogP contribution in [0.4, 0.5) is 0 Å². The van der Waals surface area contributed by atoms with Crippen molar-refractivity contribution in [2.45, 2.75) is 26.2 Å². The molecule has 2 N–H and O–H groups in total. The number of carbonyl (C=O) groups excluding carboxylic acids is 2. The van der Waals surface area contributed by atoms with Crippen LogP contribution in [-0.4, -0.2) is 36.3 Å². The van der Waals surface area contributed by atoms with E-state index in [0.717, 1.165) is 22.3 Å². The van der Waals surface area contributed by atoms with E-state index < -0.39 is 0 Å². The van der Waals surface area contributed by atoms with E-state index >= 15 is 0 Å². The average molecular weight is 615 g/mol. The Morgan fingerprint density at radius 3 is 1.74 bits per heavy atom. The van der Waals surface area contributed by atoms with Gasteiger partial charge in [-0.15, -0.1) is 0 Å². The molecule has 0 aliphatic carbocycles. The monoisotopic (exact) mass is 614 g/mol. The van der Waals surface area contributed by atoms with Crippen molar-refractivity contribution in [3.8, 4) is 17.2 Å². The Labute approximate surface area is 270 Å². The van der Waals surface area contributed by atoms with Gasteiger partial charge in [0.15, 0.2) is 17.3 Å². The average Bonchev–Trinajstić information content (AvgIpc) is 3.08. The first-order valence-electron chi connectivity index (χ1n) is 15.3. The molecule has 0 aliphatic rings. The molecule has 0 fully saturated rings. The van der Waals surface area contributed by atoms with Crippen LogP contribution >= 0.6 is 0 Å². The summed E-state index contributed by atoms with van der Waals surface area (Å²) < 4.78 is 18.3. The van der Waals surface area contributed by atoms with E-state index in [9.17, 15) is 9.59 Å². The summed E-state index contributed by atoms with van der Waals surface area (Å²) in [7, 11) is 0. The highest BCUT2D eigenvalue weighted by Gasteiger charge is 2.17. The van der Waals surface area contributed by atoms with Gasteiger partial charge in [-0.2, -0.15) is 0 Å². The Morgan fingerprint density at radius 2 is 1.15 bits per heavy atom. The molecule has 0 saturated carbocycles. The van der Waals surface area contributed by atoms with Crippen LogP contribution in [0, 0.1) is 0 Å². The van der Waals surface area contributed by atoms with E-state index in [0.29, 0.717) is 55.7 Å². The summed E-state index contributed by atoms with van der Waals surface area (Å²) in [6, 6.07) is 42.6. The molecule has 0 unspecified atom stereocenters. The number of nitrogens with zero attached hydrogens (tertiary/aromatic N) is 1. The van der Waals surface area contributed by atoms with E-state index in [1.807, 2.05) is 121 Å². The fourth-order valence-corrected chi connectivity index (χ4v) is 4.93. The van der Waals surface area contributed by atoms with Gasteiger partial charge in [-0.25, -0.2) is 0 Å². The minimum absolute atomic E-state index is 0.0362. The summed E-state index contributed by atoms with van der Waals surface area (Å²) in [6.07, 6.45) is 0.187. The van der Waals surface area contributed by atoms with Gasteiger partial charge in [-0.3, -0.25) is 14.5 Å². The Hall–Kier alpha value is -5.40. The summed E-state index contributed by atoms with van der Waals surface area (Å²) in [5, 5.41) is 0. The normalized spacial score (nSPS) is 10.8.